The van der Waals surface area contributed by atoms with Crippen molar-refractivity contribution >= 4 is 16.7 Å². The standard InChI is InChI=1S/C18H19N7/c1-12-4-6-25-16(7-12)14(9-22-25)17-20-10-15-18(23-17)24(11-21-15)13-3-2-5-19-8-13/h4,6-7,9-11,13,19H,2-3,5,8H2,1H3/t13-/m0/s1. The van der Waals surface area contributed by atoms with Crippen molar-refractivity contribution in [1.29, 1.82) is 0 Å². The number of piperidine rings is 1. The van der Waals surface area contributed by atoms with E-state index >= 15 is 0 Å². The molecule has 25 heavy (non-hydrogen) atoms. The zero-order chi connectivity index (χ0) is 16.8. The van der Waals surface area contributed by atoms with Crippen molar-refractivity contribution in [3.05, 3.63) is 42.6 Å². The Balaban J connectivity index is 1.65. The number of pyridine rings is 1. The second-order valence-corrected chi connectivity index (χ2v) is 6.65. The molecule has 1 fully saturated rings. The fourth-order valence-electron chi connectivity index (χ4n) is 3.55. The van der Waals surface area contributed by atoms with Crippen LogP contribution in [0.1, 0.15) is 24.4 Å². The van der Waals surface area contributed by atoms with E-state index < -0.39 is 0 Å². The van der Waals surface area contributed by atoms with Crippen LogP contribution in [0, 0.1) is 6.92 Å². The minimum absolute atomic E-state index is 0.396. The third kappa shape index (κ3) is 2.39. The Kier molecular flexibility index (Phi) is 3.27. The molecule has 0 unspecified atom stereocenters. The zero-order valence-corrected chi connectivity index (χ0v) is 14.1. The molecule has 7 nitrogen and oxygen atoms in total. The van der Waals surface area contributed by atoms with Gasteiger partial charge in [-0.1, -0.05) is 0 Å². The average Bonchev–Trinajstić information content (AvgIpc) is 3.25. The number of fused-ring (bicyclic) bond motifs is 2. The number of hydrogen-bond acceptors (Lipinski definition) is 5. The predicted molar refractivity (Wildman–Crippen MR) is 95.4 cm³/mol. The van der Waals surface area contributed by atoms with Crippen LogP contribution in [0.25, 0.3) is 28.1 Å². The Morgan fingerprint density at radius 3 is 3.08 bits per heavy atom. The van der Waals surface area contributed by atoms with E-state index in [-0.39, 0.29) is 0 Å². The fourth-order valence-corrected chi connectivity index (χ4v) is 3.55. The molecule has 5 heterocycles. The van der Waals surface area contributed by atoms with Crippen molar-refractivity contribution in [3.8, 4) is 11.4 Å². The highest BCUT2D eigenvalue weighted by Crippen LogP contribution is 2.25. The maximum absolute atomic E-state index is 4.84. The molecular weight excluding hydrogens is 314 g/mol. The summed E-state index contributed by atoms with van der Waals surface area (Å²) < 4.78 is 4.04. The Bertz CT molecular complexity index is 1060. The SMILES string of the molecule is Cc1ccn2ncc(-c3ncc4ncn([C@H]5CCCNC5)c4n3)c2c1. The highest BCUT2D eigenvalue weighted by molar-refractivity contribution is 5.79. The van der Waals surface area contributed by atoms with Crippen LogP contribution in [-0.4, -0.2) is 42.2 Å². The lowest BCUT2D eigenvalue weighted by Gasteiger charge is -2.24. The van der Waals surface area contributed by atoms with Gasteiger partial charge in [0.05, 0.1) is 29.8 Å². The third-order valence-corrected chi connectivity index (χ3v) is 4.90. The Morgan fingerprint density at radius 1 is 1.24 bits per heavy atom. The lowest BCUT2D eigenvalue weighted by atomic mass is 10.1. The maximum atomic E-state index is 4.84. The van der Waals surface area contributed by atoms with E-state index in [1.807, 2.05) is 35.5 Å². The monoisotopic (exact) mass is 333 g/mol. The topological polar surface area (TPSA) is 72.9 Å². The molecule has 5 rings (SSSR count). The minimum Gasteiger partial charge on any atom is -0.315 e. The van der Waals surface area contributed by atoms with Gasteiger partial charge in [-0.05, 0) is 44.0 Å². The van der Waals surface area contributed by atoms with Crippen molar-refractivity contribution < 1.29 is 0 Å². The Hall–Kier alpha value is -2.80. The van der Waals surface area contributed by atoms with Crippen LogP contribution in [0.3, 0.4) is 0 Å². The average molecular weight is 333 g/mol. The molecular formula is C18H19N7. The van der Waals surface area contributed by atoms with Crippen LogP contribution in [-0.2, 0) is 0 Å². The number of rotatable bonds is 2. The first-order chi connectivity index (χ1) is 12.3. The second kappa shape index (κ2) is 5.63. The highest BCUT2D eigenvalue weighted by Gasteiger charge is 2.19. The minimum atomic E-state index is 0.396. The van der Waals surface area contributed by atoms with Gasteiger partial charge >= 0.3 is 0 Å². The van der Waals surface area contributed by atoms with Crippen LogP contribution in [0.2, 0.25) is 0 Å². The zero-order valence-electron chi connectivity index (χ0n) is 14.1. The molecule has 0 aliphatic carbocycles. The predicted octanol–water partition coefficient (Wildman–Crippen LogP) is 2.37. The largest absolute Gasteiger partial charge is 0.315 e. The van der Waals surface area contributed by atoms with E-state index in [1.54, 1.807) is 0 Å². The number of aryl methyl sites for hydroxylation is 1. The van der Waals surface area contributed by atoms with Crippen LogP contribution in [0.15, 0.2) is 37.1 Å². The van der Waals surface area contributed by atoms with Crippen LogP contribution >= 0.6 is 0 Å². The van der Waals surface area contributed by atoms with Crippen molar-refractivity contribution in [2.24, 2.45) is 0 Å². The van der Waals surface area contributed by atoms with E-state index in [1.165, 1.54) is 12.0 Å². The molecule has 0 spiro atoms. The van der Waals surface area contributed by atoms with Gasteiger partial charge in [0.15, 0.2) is 11.5 Å². The summed E-state index contributed by atoms with van der Waals surface area (Å²) in [7, 11) is 0. The number of aromatic nitrogens is 6. The van der Waals surface area contributed by atoms with Crippen LogP contribution in [0.5, 0.6) is 0 Å². The Labute approximate surface area is 144 Å². The van der Waals surface area contributed by atoms with E-state index in [9.17, 15) is 0 Å². The van der Waals surface area contributed by atoms with Gasteiger partial charge in [-0.25, -0.2) is 19.5 Å². The van der Waals surface area contributed by atoms with Crippen molar-refractivity contribution in [3.63, 3.8) is 0 Å². The number of nitrogens with one attached hydrogen (secondary N) is 1. The van der Waals surface area contributed by atoms with E-state index in [4.69, 9.17) is 4.98 Å². The molecule has 1 atom stereocenters. The molecule has 1 aliphatic rings. The first kappa shape index (κ1) is 14.5. The van der Waals surface area contributed by atoms with Crippen LogP contribution < -0.4 is 5.32 Å². The summed E-state index contributed by atoms with van der Waals surface area (Å²) in [6.07, 6.45) is 9.82. The van der Waals surface area contributed by atoms with E-state index in [0.717, 1.165) is 41.8 Å². The first-order valence-electron chi connectivity index (χ1n) is 8.64. The molecule has 1 N–H and O–H groups in total. The molecule has 4 aromatic heterocycles. The molecule has 1 saturated heterocycles. The molecule has 126 valence electrons. The van der Waals surface area contributed by atoms with Crippen LogP contribution in [0.4, 0.5) is 0 Å². The normalized spacial score (nSPS) is 18.2. The summed E-state index contributed by atoms with van der Waals surface area (Å²) in [5, 5.41) is 7.88. The number of nitrogens with zero attached hydrogens (tertiary/aromatic N) is 6. The Morgan fingerprint density at radius 2 is 2.20 bits per heavy atom. The van der Waals surface area contributed by atoms with Gasteiger partial charge in [0, 0.05) is 18.8 Å². The lowest BCUT2D eigenvalue weighted by molar-refractivity contribution is 0.376. The third-order valence-electron chi connectivity index (χ3n) is 4.90. The lowest BCUT2D eigenvalue weighted by Crippen LogP contribution is -2.31. The van der Waals surface area contributed by atoms with Gasteiger partial charge in [0.1, 0.15) is 5.52 Å². The molecule has 0 aromatic carbocycles. The molecule has 0 saturated carbocycles. The quantitative estimate of drug-likeness (QED) is 0.610. The van der Waals surface area contributed by atoms with E-state index in [0.29, 0.717) is 11.9 Å². The van der Waals surface area contributed by atoms with E-state index in [2.05, 4.69) is 37.9 Å². The van der Waals surface area contributed by atoms with Gasteiger partial charge in [0.2, 0.25) is 0 Å². The summed E-state index contributed by atoms with van der Waals surface area (Å²) in [6.45, 7) is 4.12. The molecule has 0 amide bonds. The molecule has 0 radical (unpaired) electrons. The van der Waals surface area contributed by atoms with Crippen molar-refractivity contribution in [2.75, 3.05) is 13.1 Å². The van der Waals surface area contributed by atoms with Crippen molar-refractivity contribution in [2.45, 2.75) is 25.8 Å². The molecule has 1 aliphatic heterocycles. The summed E-state index contributed by atoms with van der Waals surface area (Å²) in [6, 6.07) is 4.55. The second-order valence-electron chi connectivity index (χ2n) is 6.65. The smallest absolute Gasteiger partial charge is 0.165 e. The van der Waals surface area contributed by atoms with Gasteiger partial charge in [-0.15, -0.1) is 0 Å². The molecule has 4 aromatic rings. The summed E-state index contributed by atoms with van der Waals surface area (Å²) in [5.41, 5.74) is 4.88. The fraction of sp³-hybridized carbons (Fsp3) is 0.333. The van der Waals surface area contributed by atoms with Gasteiger partial charge in [-0.3, -0.25) is 0 Å². The maximum Gasteiger partial charge on any atom is 0.165 e. The highest BCUT2D eigenvalue weighted by atomic mass is 15.2. The number of hydrogen-bond donors (Lipinski definition) is 1. The van der Waals surface area contributed by atoms with Gasteiger partial charge in [0.25, 0.3) is 0 Å². The summed E-state index contributed by atoms with van der Waals surface area (Å²) >= 11 is 0. The number of imidazole rings is 1. The van der Waals surface area contributed by atoms with Gasteiger partial charge in [-0.2, -0.15) is 5.10 Å². The van der Waals surface area contributed by atoms with Crippen molar-refractivity contribution in [1.82, 2.24) is 34.4 Å². The summed E-state index contributed by atoms with van der Waals surface area (Å²) in [4.78, 5) is 13.9. The molecule has 0 bridgehead atoms. The first-order valence-corrected chi connectivity index (χ1v) is 8.64. The summed E-state index contributed by atoms with van der Waals surface area (Å²) in [5.74, 6) is 0.693. The van der Waals surface area contributed by atoms with Gasteiger partial charge < -0.3 is 9.88 Å². The molecule has 7 heteroatoms.